The van der Waals surface area contributed by atoms with Crippen LogP contribution in [-0.4, -0.2) is 13.2 Å². The van der Waals surface area contributed by atoms with Gasteiger partial charge in [-0.1, -0.05) is 30.3 Å². The first-order valence-corrected chi connectivity index (χ1v) is 6.04. The summed E-state index contributed by atoms with van der Waals surface area (Å²) in [6, 6.07) is 15.8. The molecular formula is C15H18N2O. The highest BCUT2D eigenvalue weighted by molar-refractivity contribution is 5.69. The Labute approximate surface area is 108 Å². The molecule has 2 aromatic rings. The predicted octanol–water partition coefficient (Wildman–Crippen LogP) is 3.07. The van der Waals surface area contributed by atoms with Crippen molar-refractivity contribution >= 4 is 11.4 Å². The number of hydrogen-bond acceptors (Lipinski definition) is 3. The molecule has 0 amide bonds. The summed E-state index contributed by atoms with van der Waals surface area (Å²) in [4.78, 5) is 0. The van der Waals surface area contributed by atoms with Gasteiger partial charge in [0.05, 0.1) is 11.4 Å². The highest BCUT2D eigenvalue weighted by Gasteiger charge is 2.00. The van der Waals surface area contributed by atoms with Crippen molar-refractivity contribution in [2.24, 2.45) is 0 Å². The van der Waals surface area contributed by atoms with Gasteiger partial charge in [0.1, 0.15) is 12.4 Å². The normalized spacial score (nSPS) is 10.1. The second kappa shape index (κ2) is 5.96. The molecule has 0 spiro atoms. The minimum atomic E-state index is 0.609. The number of nitrogens with one attached hydrogen (secondary N) is 1. The van der Waals surface area contributed by atoms with Crippen LogP contribution >= 0.6 is 0 Å². The molecule has 18 heavy (non-hydrogen) atoms. The molecule has 0 bridgehead atoms. The molecule has 0 saturated carbocycles. The van der Waals surface area contributed by atoms with Gasteiger partial charge in [-0.05, 0) is 30.7 Å². The van der Waals surface area contributed by atoms with Gasteiger partial charge in [0, 0.05) is 6.54 Å². The molecule has 0 aliphatic carbocycles. The molecular weight excluding hydrogens is 224 g/mol. The van der Waals surface area contributed by atoms with Crippen LogP contribution < -0.4 is 15.8 Å². The van der Waals surface area contributed by atoms with E-state index in [1.807, 2.05) is 55.5 Å². The summed E-state index contributed by atoms with van der Waals surface area (Å²) in [6.07, 6.45) is 0. The first kappa shape index (κ1) is 12.3. The van der Waals surface area contributed by atoms with Gasteiger partial charge in [0.2, 0.25) is 0 Å². The van der Waals surface area contributed by atoms with Gasteiger partial charge in [0.15, 0.2) is 0 Å². The van der Waals surface area contributed by atoms with E-state index in [1.54, 1.807) is 0 Å². The topological polar surface area (TPSA) is 47.3 Å². The van der Waals surface area contributed by atoms with Crippen molar-refractivity contribution < 1.29 is 4.74 Å². The molecule has 0 fully saturated rings. The highest BCUT2D eigenvalue weighted by atomic mass is 16.5. The standard InChI is InChI=1S/C15H18N2O/c1-12-6-5-9-14(15(12)16)17-10-11-18-13-7-3-2-4-8-13/h2-9,17H,10-11,16H2,1H3. The lowest BCUT2D eigenvalue weighted by Gasteiger charge is -2.11. The maximum absolute atomic E-state index is 5.97. The quantitative estimate of drug-likeness (QED) is 0.625. The maximum Gasteiger partial charge on any atom is 0.119 e. The molecule has 0 saturated heterocycles. The third-order valence-electron chi connectivity index (χ3n) is 2.75. The van der Waals surface area contributed by atoms with Gasteiger partial charge < -0.3 is 15.8 Å². The van der Waals surface area contributed by atoms with Gasteiger partial charge >= 0.3 is 0 Å². The number of para-hydroxylation sites is 2. The first-order chi connectivity index (χ1) is 8.77. The Hall–Kier alpha value is -2.16. The Balaban J connectivity index is 1.81. The molecule has 94 valence electrons. The van der Waals surface area contributed by atoms with Crippen molar-refractivity contribution in [3.8, 4) is 5.75 Å². The van der Waals surface area contributed by atoms with Crippen molar-refractivity contribution in [2.75, 3.05) is 24.2 Å². The molecule has 0 heterocycles. The fourth-order valence-electron chi connectivity index (χ4n) is 1.71. The molecule has 0 unspecified atom stereocenters. The van der Waals surface area contributed by atoms with Crippen molar-refractivity contribution in [3.63, 3.8) is 0 Å². The molecule has 2 aromatic carbocycles. The molecule has 2 rings (SSSR count). The number of nitrogens with two attached hydrogens (primary N) is 1. The zero-order valence-corrected chi connectivity index (χ0v) is 10.5. The SMILES string of the molecule is Cc1cccc(NCCOc2ccccc2)c1N. The van der Waals surface area contributed by atoms with Crippen LogP contribution in [0.3, 0.4) is 0 Å². The summed E-state index contributed by atoms with van der Waals surface area (Å²) in [5.74, 6) is 0.886. The summed E-state index contributed by atoms with van der Waals surface area (Å²) < 4.78 is 5.59. The van der Waals surface area contributed by atoms with E-state index in [4.69, 9.17) is 10.5 Å². The molecule has 0 aliphatic heterocycles. The molecule has 3 heteroatoms. The summed E-state index contributed by atoms with van der Waals surface area (Å²) in [7, 11) is 0. The number of benzene rings is 2. The third-order valence-corrected chi connectivity index (χ3v) is 2.75. The lowest BCUT2D eigenvalue weighted by molar-refractivity contribution is 0.333. The van der Waals surface area contributed by atoms with E-state index in [0.29, 0.717) is 6.61 Å². The van der Waals surface area contributed by atoms with Crippen LogP contribution in [0.25, 0.3) is 0 Å². The first-order valence-electron chi connectivity index (χ1n) is 6.04. The molecule has 0 aliphatic rings. The van der Waals surface area contributed by atoms with Gasteiger partial charge in [-0.3, -0.25) is 0 Å². The Bertz CT molecular complexity index is 497. The van der Waals surface area contributed by atoms with E-state index < -0.39 is 0 Å². The summed E-state index contributed by atoms with van der Waals surface area (Å²) >= 11 is 0. The van der Waals surface area contributed by atoms with E-state index in [-0.39, 0.29) is 0 Å². The monoisotopic (exact) mass is 242 g/mol. The highest BCUT2D eigenvalue weighted by Crippen LogP contribution is 2.21. The smallest absolute Gasteiger partial charge is 0.119 e. The van der Waals surface area contributed by atoms with Crippen molar-refractivity contribution in [1.29, 1.82) is 0 Å². The van der Waals surface area contributed by atoms with Crippen LogP contribution in [0, 0.1) is 6.92 Å². The average Bonchev–Trinajstić information content (AvgIpc) is 2.40. The average molecular weight is 242 g/mol. The number of hydrogen-bond donors (Lipinski definition) is 2. The van der Waals surface area contributed by atoms with Crippen molar-refractivity contribution in [2.45, 2.75) is 6.92 Å². The van der Waals surface area contributed by atoms with E-state index in [9.17, 15) is 0 Å². The Morgan fingerprint density at radius 1 is 1.06 bits per heavy atom. The molecule has 0 atom stereocenters. The van der Waals surface area contributed by atoms with E-state index in [2.05, 4.69) is 5.32 Å². The maximum atomic E-state index is 5.97. The minimum absolute atomic E-state index is 0.609. The van der Waals surface area contributed by atoms with Crippen molar-refractivity contribution in [1.82, 2.24) is 0 Å². The lowest BCUT2D eigenvalue weighted by atomic mass is 10.2. The fraction of sp³-hybridized carbons (Fsp3) is 0.200. The number of rotatable bonds is 5. The van der Waals surface area contributed by atoms with Crippen LogP contribution in [0.4, 0.5) is 11.4 Å². The Morgan fingerprint density at radius 2 is 1.83 bits per heavy atom. The number of nitrogen functional groups attached to an aromatic ring is 1. The van der Waals surface area contributed by atoms with Crippen molar-refractivity contribution in [3.05, 3.63) is 54.1 Å². The molecule has 3 nitrogen and oxygen atoms in total. The second-order valence-electron chi connectivity index (χ2n) is 4.12. The Kier molecular flexibility index (Phi) is 4.07. The van der Waals surface area contributed by atoms with Crippen LogP contribution in [-0.2, 0) is 0 Å². The summed E-state index contributed by atoms with van der Waals surface area (Å²) in [5, 5.41) is 3.27. The van der Waals surface area contributed by atoms with Gasteiger partial charge in [-0.15, -0.1) is 0 Å². The Morgan fingerprint density at radius 3 is 2.61 bits per heavy atom. The zero-order chi connectivity index (χ0) is 12.8. The van der Waals surface area contributed by atoms with Crippen LogP contribution in [0.5, 0.6) is 5.75 Å². The van der Waals surface area contributed by atoms with E-state index in [1.165, 1.54) is 0 Å². The number of ether oxygens (including phenoxy) is 1. The third kappa shape index (κ3) is 3.17. The van der Waals surface area contributed by atoms with E-state index in [0.717, 1.165) is 29.2 Å². The number of aryl methyl sites for hydroxylation is 1. The predicted molar refractivity (Wildman–Crippen MR) is 76.0 cm³/mol. The van der Waals surface area contributed by atoms with Crippen LogP contribution in [0.15, 0.2) is 48.5 Å². The minimum Gasteiger partial charge on any atom is -0.492 e. The van der Waals surface area contributed by atoms with Gasteiger partial charge in [-0.25, -0.2) is 0 Å². The van der Waals surface area contributed by atoms with Gasteiger partial charge in [-0.2, -0.15) is 0 Å². The van der Waals surface area contributed by atoms with Crippen LogP contribution in [0.1, 0.15) is 5.56 Å². The largest absolute Gasteiger partial charge is 0.492 e. The molecule has 0 aromatic heterocycles. The lowest BCUT2D eigenvalue weighted by Crippen LogP contribution is -2.12. The summed E-state index contributed by atoms with van der Waals surface area (Å²) in [6.45, 7) is 3.33. The second-order valence-corrected chi connectivity index (χ2v) is 4.12. The van der Waals surface area contributed by atoms with E-state index >= 15 is 0 Å². The fourth-order valence-corrected chi connectivity index (χ4v) is 1.71. The zero-order valence-electron chi connectivity index (χ0n) is 10.5. The number of anilines is 2. The molecule has 3 N–H and O–H groups in total. The van der Waals surface area contributed by atoms with Crippen LogP contribution in [0.2, 0.25) is 0 Å². The molecule has 0 radical (unpaired) electrons. The summed E-state index contributed by atoms with van der Waals surface area (Å²) in [5.41, 5.74) is 8.83. The van der Waals surface area contributed by atoms with Gasteiger partial charge in [0.25, 0.3) is 0 Å².